The van der Waals surface area contributed by atoms with Crippen LogP contribution < -0.4 is 10.6 Å². The van der Waals surface area contributed by atoms with Crippen LogP contribution in [0.25, 0.3) is 0 Å². The number of nitrogens with zero attached hydrogens (tertiary/aromatic N) is 2. The smallest absolute Gasteiger partial charge is 0.156 e. The zero-order chi connectivity index (χ0) is 13.6. The topological polar surface area (TPSA) is 48.8 Å². The van der Waals surface area contributed by atoms with Crippen molar-refractivity contribution in [1.82, 2.24) is 10.6 Å². The minimum atomic E-state index is 0.836. The fourth-order valence-electron chi connectivity index (χ4n) is 1.17. The maximum absolute atomic E-state index is 4.42. The third-order valence-corrected chi connectivity index (χ3v) is 3.99. The van der Waals surface area contributed by atoms with Gasteiger partial charge in [0.15, 0.2) is 10.3 Å². The van der Waals surface area contributed by atoms with Gasteiger partial charge >= 0.3 is 0 Å². The number of hydrogen-bond donors (Lipinski definition) is 2. The molecule has 0 fully saturated rings. The number of rotatable bonds is 7. The van der Waals surface area contributed by atoms with Crippen LogP contribution in [-0.4, -0.2) is 48.0 Å². The largest absolute Gasteiger partial charge is 0.365 e. The summed E-state index contributed by atoms with van der Waals surface area (Å²) < 4.78 is 0. The van der Waals surface area contributed by atoms with Crippen molar-refractivity contribution in [3.8, 4) is 0 Å². The first-order valence-electron chi connectivity index (χ1n) is 6.60. The predicted octanol–water partition coefficient (Wildman–Crippen LogP) is 2.42. The van der Waals surface area contributed by atoms with Crippen molar-refractivity contribution in [2.45, 2.75) is 27.7 Å². The lowest BCUT2D eigenvalue weighted by atomic mass is 10.7. The molecule has 0 aromatic heterocycles. The molecule has 0 aliphatic rings. The lowest BCUT2D eigenvalue weighted by molar-refractivity contribution is 0.964. The van der Waals surface area contributed by atoms with Crippen molar-refractivity contribution >= 4 is 33.9 Å². The number of aliphatic imine (C=N–C) groups is 2. The van der Waals surface area contributed by atoms with Gasteiger partial charge in [-0.1, -0.05) is 23.5 Å². The molecule has 0 heterocycles. The maximum atomic E-state index is 4.42. The molecule has 0 atom stereocenters. The Hall–Kier alpha value is -0.360. The molecule has 0 spiro atoms. The quantitative estimate of drug-likeness (QED) is 0.429. The van der Waals surface area contributed by atoms with Crippen LogP contribution in [0.1, 0.15) is 27.7 Å². The number of hydrogen-bond acceptors (Lipinski definition) is 4. The highest BCUT2D eigenvalue weighted by Gasteiger charge is 2.01. The van der Waals surface area contributed by atoms with Crippen LogP contribution >= 0.6 is 23.5 Å². The van der Waals surface area contributed by atoms with Crippen molar-refractivity contribution in [2.75, 3.05) is 37.7 Å². The van der Waals surface area contributed by atoms with Crippen molar-refractivity contribution in [3.63, 3.8) is 0 Å². The Morgan fingerprint density at radius 2 is 1.17 bits per heavy atom. The van der Waals surface area contributed by atoms with Gasteiger partial charge in [0.2, 0.25) is 0 Å². The molecule has 0 radical (unpaired) electrons. The van der Waals surface area contributed by atoms with Crippen molar-refractivity contribution in [3.05, 3.63) is 0 Å². The van der Waals surface area contributed by atoms with Gasteiger partial charge in [-0.2, -0.15) is 0 Å². The first kappa shape index (κ1) is 17.6. The summed E-state index contributed by atoms with van der Waals surface area (Å²) in [5.41, 5.74) is 0. The predicted molar refractivity (Wildman–Crippen MR) is 88.2 cm³/mol. The Bertz CT molecular complexity index is 228. The highest BCUT2D eigenvalue weighted by Crippen LogP contribution is 2.09. The summed E-state index contributed by atoms with van der Waals surface area (Å²) >= 11 is 3.57. The first-order valence-corrected chi connectivity index (χ1v) is 8.57. The van der Waals surface area contributed by atoms with Gasteiger partial charge in [0.05, 0.1) is 0 Å². The molecule has 0 unspecified atom stereocenters. The fraction of sp³-hybridized carbons (Fsp3) is 0.833. The van der Waals surface area contributed by atoms with Crippen LogP contribution in [0.3, 0.4) is 0 Å². The van der Waals surface area contributed by atoms with Gasteiger partial charge in [0, 0.05) is 37.7 Å². The van der Waals surface area contributed by atoms with Gasteiger partial charge in [0.1, 0.15) is 0 Å². The molecule has 0 aliphatic carbocycles. The molecule has 0 aliphatic heterocycles. The summed E-state index contributed by atoms with van der Waals surface area (Å²) in [5.74, 6) is 2.09. The highest BCUT2D eigenvalue weighted by atomic mass is 32.2. The normalized spacial score (nSPS) is 12.7. The Balaban J connectivity index is 3.88. The SMILES string of the molecule is CCN=C(NCC)SCCSC(=NCC)NCC. The summed E-state index contributed by atoms with van der Waals surface area (Å²) in [4.78, 5) is 8.83. The number of thioether (sulfide) groups is 2. The van der Waals surface area contributed by atoms with E-state index in [0.717, 1.165) is 48.0 Å². The van der Waals surface area contributed by atoms with Crippen molar-refractivity contribution < 1.29 is 0 Å². The van der Waals surface area contributed by atoms with E-state index in [0.29, 0.717) is 0 Å². The Morgan fingerprint density at radius 1 is 0.778 bits per heavy atom. The monoisotopic (exact) mass is 290 g/mol. The Labute approximate surface area is 120 Å². The van der Waals surface area contributed by atoms with E-state index in [4.69, 9.17) is 0 Å². The molecule has 0 saturated carbocycles. The zero-order valence-electron chi connectivity index (χ0n) is 12.0. The van der Waals surface area contributed by atoms with Gasteiger partial charge in [-0.25, -0.2) is 0 Å². The van der Waals surface area contributed by atoms with Crippen LogP contribution in [0.4, 0.5) is 0 Å². The van der Waals surface area contributed by atoms with Gasteiger partial charge < -0.3 is 10.6 Å². The molecule has 6 heteroatoms. The molecule has 2 N–H and O–H groups in total. The van der Waals surface area contributed by atoms with Gasteiger partial charge in [-0.05, 0) is 27.7 Å². The van der Waals surface area contributed by atoms with E-state index >= 15 is 0 Å². The van der Waals surface area contributed by atoms with Gasteiger partial charge in [-0.3, -0.25) is 9.98 Å². The van der Waals surface area contributed by atoms with Crippen molar-refractivity contribution in [1.29, 1.82) is 0 Å². The molecule has 0 aromatic carbocycles. The van der Waals surface area contributed by atoms with Crippen LogP contribution in [0, 0.1) is 0 Å². The lowest BCUT2D eigenvalue weighted by Crippen LogP contribution is -2.22. The zero-order valence-corrected chi connectivity index (χ0v) is 13.6. The average Bonchev–Trinajstić information content (AvgIpc) is 2.35. The molecule has 0 bridgehead atoms. The summed E-state index contributed by atoms with van der Waals surface area (Å²) in [6, 6.07) is 0. The molecule has 4 nitrogen and oxygen atoms in total. The van der Waals surface area contributed by atoms with E-state index in [-0.39, 0.29) is 0 Å². The molecular formula is C12H26N4S2. The molecule has 0 amide bonds. The van der Waals surface area contributed by atoms with Crippen molar-refractivity contribution in [2.24, 2.45) is 9.98 Å². The van der Waals surface area contributed by atoms with E-state index in [1.54, 1.807) is 23.5 Å². The third kappa shape index (κ3) is 9.65. The first-order chi connectivity index (χ1) is 8.78. The van der Waals surface area contributed by atoms with Crippen LogP contribution in [0.5, 0.6) is 0 Å². The summed E-state index contributed by atoms with van der Waals surface area (Å²) in [6.45, 7) is 11.8. The number of nitrogens with one attached hydrogen (secondary N) is 2. The van der Waals surface area contributed by atoms with Crippen LogP contribution in [-0.2, 0) is 0 Å². The summed E-state index contributed by atoms with van der Waals surface area (Å²) in [6.07, 6.45) is 0. The second-order valence-corrected chi connectivity index (χ2v) is 5.48. The van der Waals surface area contributed by atoms with Crippen LogP contribution in [0.15, 0.2) is 9.98 Å². The molecule has 18 heavy (non-hydrogen) atoms. The highest BCUT2D eigenvalue weighted by molar-refractivity contribution is 8.17. The third-order valence-electron chi connectivity index (χ3n) is 1.82. The fourth-order valence-corrected chi connectivity index (χ4v) is 3.16. The maximum Gasteiger partial charge on any atom is 0.156 e. The second-order valence-electron chi connectivity index (χ2n) is 3.32. The second kappa shape index (κ2) is 13.1. The van der Waals surface area contributed by atoms with E-state index in [9.17, 15) is 0 Å². The molecule has 0 aromatic rings. The Morgan fingerprint density at radius 3 is 1.44 bits per heavy atom. The standard InChI is InChI=1S/C12H26N4S2/c1-5-13-11(14-6-2)17-9-10-18-12(15-7-3)16-8-4/h5-10H2,1-4H3,(H,13,14)(H,15,16). The minimum Gasteiger partial charge on any atom is -0.365 e. The van der Waals surface area contributed by atoms with E-state index in [2.05, 4.69) is 48.3 Å². The molecule has 0 saturated heterocycles. The van der Waals surface area contributed by atoms with E-state index in [1.165, 1.54) is 0 Å². The average molecular weight is 291 g/mol. The lowest BCUT2D eigenvalue weighted by Gasteiger charge is -2.09. The summed E-state index contributed by atoms with van der Waals surface area (Å²) in [5, 5.41) is 8.67. The summed E-state index contributed by atoms with van der Waals surface area (Å²) in [7, 11) is 0. The van der Waals surface area contributed by atoms with E-state index < -0.39 is 0 Å². The van der Waals surface area contributed by atoms with Gasteiger partial charge in [-0.15, -0.1) is 0 Å². The minimum absolute atomic E-state index is 0.836. The Kier molecular flexibility index (Phi) is 12.8. The van der Waals surface area contributed by atoms with Crippen LogP contribution in [0.2, 0.25) is 0 Å². The van der Waals surface area contributed by atoms with E-state index in [1.807, 2.05) is 0 Å². The van der Waals surface area contributed by atoms with Gasteiger partial charge in [0.25, 0.3) is 0 Å². The molecular weight excluding hydrogens is 264 g/mol. The molecule has 0 rings (SSSR count). The number of amidine groups is 2. The molecule has 106 valence electrons.